The molecular weight excluding hydrogens is 324 g/mol. The van der Waals surface area contributed by atoms with E-state index in [2.05, 4.69) is 35.1 Å². The number of carboxylic acid groups (broad SMARTS) is 1. The van der Waals surface area contributed by atoms with Crippen LogP contribution in [0.4, 0.5) is 0 Å². The number of aromatic carboxylic acids is 1. The van der Waals surface area contributed by atoms with Gasteiger partial charge in [-0.1, -0.05) is 19.1 Å². The van der Waals surface area contributed by atoms with Gasteiger partial charge in [0.2, 0.25) is 0 Å². The van der Waals surface area contributed by atoms with Crippen molar-refractivity contribution in [1.29, 1.82) is 0 Å². The van der Waals surface area contributed by atoms with Gasteiger partial charge in [-0.15, -0.1) is 0 Å². The molecule has 0 radical (unpaired) electrons. The fourth-order valence-electron chi connectivity index (χ4n) is 3.99. The van der Waals surface area contributed by atoms with Crippen molar-refractivity contribution in [3.63, 3.8) is 0 Å². The third kappa shape index (κ3) is 2.61. The molecule has 2 aromatic heterocycles. The van der Waals surface area contributed by atoms with Gasteiger partial charge in [-0.2, -0.15) is 0 Å². The number of rotatable bonds is 5. The Kier molecular flexibility index (Phi) is 3.27. The predicted octanol–water partition coefficient (Wildman–Crippen LogP) is 4.78. The second kappa shape index (κ2) is 5.44. The zero-order valence-electron chi connectivity index (χ0n) is 14.9. The molecule has 2 N–H and O–H groups in total. The van der Waals surface area contributed by atoms with Gasteiger partial charge in [-0.25, -0.2) is 4.79 Å². The van der Waals surface area contributed by atoms with Gasteiger partial charge >= 0.3 is 5.97 Å². The molecule has 1 aromatic carbocycles. The molecule has 3 aromatic rings. The summed E-state index contributed by atoms with van der Waals surface area (Å²) < 4.78 is 0. The van der Waals surface area contributed by atoms with Gasteiger partial charge in [0, 0.05) is 40.8 Å². The summed E-state index contributed by atoms with van der Waals surface area (Å²) in [6, 6.07) is 8.57. The summed E-state index contributed by atoms with van der Waals surface area (Å²) in [5.41, 5.74) is 6.70. The van der Waals surface area contributed by atoms with Crippen LogP contribution in [-0.4, -0.2) is 21.0 Å². The van der Waals surface area contributed by atoms with Crippen molar-refractivity contribution >= 4 is 16.9 Å². The van der Waals surface area contributed by atoms with Gasteiger partial charge in [0.25, 0.3) is 0 Å². The van der Waals surface area contributed by atoms with Crippen LogP contribution in [0.2, 0.25) is 0 Å². The number of nitrogens with one attached hydrogen (secondary N) is 1. The lowest BCUT2D eigenvalue weighted by molar-refractivity contribution is 0.0696. The Hall–Kier alpha value is -2.62. The van der Waals surface area contributed by atoms with Crippen molar-refractivity contribution in [3.05, 3.63) is 64.6 Å². The Bertz CT molecular complexity index is 1030. The lowest BCUT2D eigenvalue weighted by Gasteiger charge is -2.11. The largest absolute Gasteiger partial charge is 0.478 e. The standard InChI is InChI=1S/C22H22N2O2/c1-22(6-7-22)20-18(9-13-8-16(21(25)26)12-23-11-13)17-5-4-15(14-2-3-14)10-19(17)24-20/h4-5,8,10-12,14,24H,2-3,6-7,9H2,1H3,(H,25,26). The fourth-order valence-corrected chi connectivity index (χ4v) is 3.99. The summed E-state index contributed by atoms with van der Waals surface area (Å²) in [6.45, 7) is 2.31. The first-order valence-corrected chi connectivity index (χ1v) is 9.36. The summed E-state index contributed by atoms with van der Waals surface area (Å²) >= 11 is 0. The SMILES string of the molecule is CC1(c2[nH]c3cc(C4CC4)ccc3c2Cc2cncc(C(=O)O)c2)CC1. The summed E-state index contributed by atoms with van der Waals surface area (Å²) in [6.07, 6.45) is 8.91. The molecule has 2 aliphatic carbocycles. The number of hydrogen-bond donors (Lipinski definition) is 2. The summed E-state index contributed by atoms with van der Waals surface area (Å²) in [4.78, 5) is 19.1. The number of aromatic nitrogens is 2. The molecule has 5 rings (SSSR count). The highest BCUT2D eigenvalue weighted by Crippen LogP contribution is 2.50. The molecule has 0 spiro atoms. The highest BCUT2D eigenvalue weighted by molar-refractivity contribution is 5.88. The zero-order valence-corrected chi connectivity index (χ0v) is 14.9. The molecule has 2 aliphatic rings. The van der Waals surface area contributed by atoms with Crippen LogP contribution in [0.15, 0.2) is 36.7 Å². The first-order chi connectivity index (χ1) is 12.5. The van der Waals surface area contributed by atoms with Gasteiger partial charge in [0.1, 0.15) is 0 Å². The third-order valence-corrected chi connectivity index (χ3v) is 6.01. The number of carboxylic acids is 1. The zero-order chi connectivity index (χ0) is 17.9. The van der Waals surface area contributed by atoms with E-state index in [1.54, 1.807) is 12.3 Å². The molecule has 2 fully saturated rings. The topological polar surface area (TPSA) is 66.0 Å². The number of H-pyrrole nitrogens is 1. The summed E-state index contributed by atoms with van der Waals surface area (Å²) in [5.74, 6) is -0.190. The van der Waals surface area contributed by atoms with Crippen LogP contribution in [0.1, 0.15) is 71.3 Å². The Morgan fingerprint density at radius 1 is 1.27 bits per heavy atom. The van der Waals surface area contributed by atoms with Crippen molar-refractivity contribution in [2.45, 2.75) is 50.4 Å². The van der Waals surface area contributed by atoms with Gasteiger partial charge in [0.15, 0.2) is 0 Å². The minimum atomic E-state index is -0.929. The number of hydrogen-bond acceptors (Lipinski definition) is 2. The van der Waals surface area contributed by atoms with E-state index in [0.29, 0.717) is 6.42 Å². The lowest BCUT2D eigenvalue weighted by atomic mass is 9.94. The highest BCUT2D eigenvalue weighted by Gasteiger charge is 2.42. The van der Waals surface area contributed by atoms with Crippen LogP contribution in [-0.2, 0) is 11.8 Å². The van der Waals surface area contributed by atoms with Crippen LogP contribution >= 0.6 is 0 Å². The average Bonchev–Trinajstić information content (AvgIpc) is 3.56. The number of nitrogens with zero attached hydrogens (tertiary/aromatic N) is 1. The van der Waals surface area contributed by atoms with E-state index >= 15 is 0 Å². The molecule has 0 saturated heterocycles. The van der Waals surface area contributed by atoms with Gasteiger partial charge in [0.05, 0.1) is 5.56 Å². The van der Waals surface area contributed by atoms with E-state index in [-0.39, 0.29) is 11.0 Å². The van der Waals surface area contributed by atoms with Crippen LogP contribution < -0.4 is 0 Å². The molecule has 0 bridgehead atoms. The Morgan fingerprint density at radius 2 is 2.08 bits per heavy atom. The maximum Gasteiger partial charge on any atom is 0.337 e. The summed E-state index contributed by atoms with van der Waals surface area (Å²) in [7, 11) is 0. The van der Waals surface area contributed by atoms with E-state index in [4.69, 9.17) is 0 Å². The smallest absolute Gasteiger partial charge is 0.337 e. The molecule has 2 heterocycles. The quantitative estimate of drug-likeness (QED) is 0.698. The van der Waals surface area contributed by atoms with Gasteiger partial charge in [-0.3, -0.25) is 4.98 Å². The van der Waals surface area contributed by atoms with E-state index < -0.39 is 5.97 Å². The van der Waals surface area contributed by atoms with Crippen molar-refractivity contribution < 1.29 is 9.90 Å². The molecule has 132 valence electrons. The molecule has 4 heteroatoms. The van der Waals surface area contributed by atoms with Crippen LogP contribution in [0.3, 0.4) is 0 Å². The number of pyridine rings is 1. The third-order valence-electron chi connectivity index (χ3n) is 6.01. The number of carbonyl (C=O) groups is 1. The normalized spacial score (nSPS) is 18.2. The Morgan fingerprint density at radius 3 is 2.77 bits per heavy atom. The predicted molar refractivity (Wildman–Crippen MR) is 101 cm³/mol. The second-order valence-electron chi connectivity index (χ2n) is 8.18. The molecule has 0 amide bonds. The first-order valence-electron chi connectivity index (χ1n) is 9.36. The van der Waals surface area contributed by atoms with Crippen LogP contribution in [0.25, 0.3) is 10.9 Å². The molecule has 0 atom stereocenters. The average molecular weight is 346 g/mol. The molecule has 2 saturated carbocycles. The van der Waals surface area contributed by atoms with Crippen molar-refractivity contribution in [2.24, 2.45) is 0 Å². The molecule has 26 heavy (non-hydrogen) atoms. The van der Waals surface area contributed by atoms with Gasteiger partial charge in [-0.05, 0) is 60.4 Å². The maximum atomic E-state index is 11.3. The minimum Gasteiger partial charge on any atom is -0.478 e. The van der Waals surface area contributed by atoms with Crippen molar-refractivity contribution in [1.82, 2.24) is 9.97 Å². The molecule has 0 unspecified atom stereocenters. The minimum absolute atomic E-state index is 0.228. The van der Waals surface area contributed by atoms with Gasteiger partial charge < -0.3 is 10.1 Å². The van der Waals surface area contributed by atoms with Crippen LogP contribution in [0, 0.1) is 0 Å². The Labute approximate surface area is 152 Å². The number of benzene rings is 1. The number of fused-ring (bicyclic) bond motifs is 1. The van der Waals surface area contributed by atoms with E-state index in [1.807, 2.05) is 0 Å². The molecular formula is C22H22N2O2. The highest BCUT2D eigenvalue weighted by atomic mass is 16.4. The summed E-state index contributed by atoms with van der Waals surface area (Å²) in [5, 5.41) is 10.5. The van der Waals surface area contributed by atoms with Crippen molar-refractivity contribution in [2.75, 3.05) is 0 Å². The number of aromatic amines is 1. The van der Waals surface area contributed by atoms with Crippen molar-refractivity contribution in [3.8, 4) is 0 Å². The second-order valence-corrected chi connectivity index (χ2v) is 8.18. The Balaban J connectivity index is 1.61. The van der Waals surface area contributed by atoms with E-state index in [0.717, 1.165) is 11.5 Å². The molecule has 4 nitrogen and oxygen atoms in total. The van der Waals surface area contributed by atoms with E-state index in [1.165, 1.54) is 59.6 Å². The van der Waals surface area contributed by atoms with E-state index in [9.17, 15) is 9.90 Å². The lowest BCUT2D eigenvalue weighted by Crippen LogP contribution is -2.05. The maximum absolute atomic E-state index is 11.3. The fraction of sp³-hybridized carbons (Fsp3) is 0.364. The van der Waals surface area contributed by atoms with Crippen LogP contribution in [0.5, 0.6) is 0 Å². The molecule has 0 aliphatic heterocycles. The monoisotopic (exact) mass is 346 g/mol. The first kappa shape index (κ1) is 15.6.